The molecule has 31 heavy (non-hydrogen) atoms. The fourth-order valence-corrected chi connectivity index (χ4v) is 3.72. The van der Waals surface area contributed by atoms with Crippen molar-refractivity contribution in [2.75, 3.05) is 54.6 Å². The quantitative estimate of drug-likeness (QED) is 0.539. The molecule has 0 atom stereocenters. The number of hydrogen-bond acceptors (Lipinski definition) is 5. The highest BCUT2D eigenvalue weighted by molar-refractivity contribution is 5.80. The highest BCUT2D eigenvalue weighted by Crippen LogP contribution is 2.38. The summed E-state index contributed by atoms with van der Waals surface area (Å²) >= 11 is 0. The molecule has 0 unspecified atom stereocenters. The van der Waals surface area contributed by atoms with Crippen molar-refractivity contribution in [3.05, 3.63) is 53.3 Å². The zero-order valence-corrected chi connectivity index (χ0v) is 18.7. The van der Waals surface area contributed by atoms with Crippen LogP contribution in [0.1, 0.15) is 11.1 Å². The number of hydrogen-bond donors (Lipinski definition) is 1. The van der Waals surface area contributed by atoms with Gasteiger partial charge in [0.15, 0.2) is 17.5 Å². The first-order valence-corrected chi connectivity index (χ1v) is 10.3. The smallest absolute Gasteiger partial charge is 0.203 e. The van der Waals surface area contributed by atoms with Crippen LogP contribution in [-0.2, 0) is 13.1 Å². The van der Waals surface area contributed by atoms with Crippen molar-refractivity contribution in [3.8, 4) is 17.2 Å². The Labute approximate surface area is 183 Å². The molecular formula is C23H31FN4O3. The Hall–Kier alpha value is -3.00. The van der Waals surface area contributed by atoms with Gasteiger partial charge in [-0.2, -0.15) is 0 Å². The Morgan fingerprint density at radius 1 is 0.935 bits per heavy atom. The van der Waals surface area contributed by atoms with Crippen molar-refractivity contribution >= 4 is 5.96 Å². The second kappa shape index (κ2) is 10.9. The molecule has 1 fully saturated rings. The van der Waals surface area contributed by atoms with Crippen molar-refractivity contribution in [2.24, 2.45) is 4.99 Å². The Morgan fingerprint density at radius 3 is 2.06 bits per heavy atom. The Kier molecular flexibility index (Phi) is 7.94. The molecule has 0 amide bonds. The second-order valence-electron chi connectivity index (χ2n) is 7.32. The van der Waals surface area contributed by atoms with E-state index in [1.165, 1.54) is 12.1 Å². The van der Waals surface area contributed by atoms with Crippen LogP contribution in [0.4, 0.5) is 4.39 Å². The minimum atomic E-state index is -0.226. The minimum absolute atomic E-state index is 0.226. The van der Waals surface area contributed by atoms with Gasteiger partial charge in [0.25, 0.3) is 0 Å². The van der Waals surface area contributed by atoms with Gasteiger partial charge in [-0.15, -0.1) is 0 Å². The van der Waals surface area contributed by atoms with Crippen LogP contribution >= 0.6 is 0 Å². The van der Waals surface area contributed by atoms with E-state index in [1.807, 2.05) is 12.1 Å². The maximum atomic E-state index is 13.1. The third-order valence-corrected chi connectivity index (χ3v) is 5.38. The van der Waals surface area contributed by atoms with Gasteiger partial charge < -0.3 is 24.4 Å². The van der Waals surface area contributed by atoms with Crippen LogP contribution < -0.4 is 19.5 Å². The first-order valence-electron chi connectivity index (χ1n) is 10.3. The molecule has 0 saturated carbocycles. The van der Waals surface area contributed by atoms with Gasteiger partial charge >= 0.3 is 0 Å². The Morgan fingerprint density at radius 2 is 1.55 bits per heavy atom. The van der Waals surface area contributed by atoms with E-state index in [9.17, 15) is 4.39 Å². The van der Waals surface area contributed by atoms with E-state index in [1.54, 1.807) is 40.5 Å². The lowest BCUT2D eigenvalue weighted by molar-refractivity contribution is 0.172. The molecule has 8 heteroatoms. The van der Waals surface area contributed by atoms with E-state index in [4.69, 9.17) is 14.2 Å². The van der Waals surface area contributed by atoms with Crippen LogP contribution in [0.2, 0.25) is 0 Å². The molecule has 1 saturated heterocycles. The number of guanidine groups is 1. The summed E-state index contributed by atoms with van der Waals surface area (Å²) in [5.41, 5.74) is 2.13. The number of methoxy groups -OCH3 is 3. The lowest BCUT2D eigenvalue weighted by Crippen LogP contribution is -2.52. The van der Waals surface area contributed by atoms with Gasteiger partial charge in [-0.25, -0.2) is 4.39 Å². The molecule has 2 aromatic carbocycles. The average molecular weight is 431 g/mol. The zero-order valence-electron chi connectivity index (χ0n) is 18.7. The SMILES string of the molecule is CN=C(NCc1ccc(F)cc1)N1CCN(Cc2cc(OC)c(OC)c(OC)c2)CC1. The van der Waals surface area contributed by atoms with Crippen molar-refractivity contribution in [1.29, 1.82) is 0 Å². The predicted molar refractivity (Wildman–Crippen MR) is 120 cm³/mol. The lowest BCUT2D eigenvalue weighted by Gasteiger charge is -2.36. The molecule has 0 aliphatic carbocycles. The summed E-state index contributed by atoms with van der Waals surface area (Å²) in [6, 6.07) is 10.5. The van der Waals surface area contributed by atoms with E-state index in [0.717, 1.165) is 49.8 Å². The standard InChI is InChI=1S/C23H31FN4O3/c1-25-23(26-15-17-5-7-19(24)8-6-17)28-11-9-27(10-12-28)16-18-13-20(29-2)22(31-4)21(14-18)30-3/h5-8,13-14H,9-12,15-16H2,1-4H3,(H,25,26). The molecule has 1 heterocycles. The van der Waals surface area contributed by atoms with Crippen LogP contribution in [0.3, 0.4) is 0 Å². The lowest BCUT2D eigenvalue weighted by atomic mass is 10.1. The normalized spacial score (nSPS) is 15.0. The summed E-state index contributed by atoms with van der Waals surface area (Å²) in [6.07, 6.45) is 0. The second-order valence-corrected chi connectivity index (χ2v) is 7.32. The van der Waals surface area contributed by atoms with Crippen LogP contribution in [0.5, 0.6) is 17.2 Å². The Bertz CT molecular complexity index is 856. The summed E-state index contributed by atoms with van der Waals surface area (Å²) in [7, 11) is 6.65. The van der Waals surface area contributed by atoms with E-state index < -0.39 is 0 Å². The van der Waals surface area contributed by atoms with Gasteiger partial charge in [0, 0.05) is 46.3 Å². The van der Waals surface area contributed by atoms with Crippen molar-refractivity contribution in [2.45, 2.75) is 13.1 Å². The molecule has 1 aliphatic heterocycles. The molecule has 0 spiro atoms. The fourth-order valence-electron chi connectivity index (χ4n) is 3.72. The van der Waals surface area contributed by atoms with Crippen LogP contribution in [-0.4, -0.2) is 70.3 Å². The van der Waals surface area contributed by atoms with Crippen LogP contribution in [0, 0.1) is 5.82 Å². The molecule has 1 N–H and O–H groups in total. The topological polar surface area (TPSA) is 58.6 Å². The highest BCUT2D eigenvalue weighted by atomic mass is 19.1. The average Bonchev–Trinajstić information content (AvgIpc) is 2.80. The first kappa shape index (κ1) is 22.7. The number of benzene rings is 2. The summed E-state index contributed by atoms with van der Waals surface area (Å²) in [6.45, 7) is 4.97. The first-order chi connectivity index (χ1) is 15.1. The predicted octanol–water partition coefficient (Wildman–Crippen LogP) is 2.74. The maximum Gasteiger partial charge on any atom is 0.203 e. The number of piperazine rings is 1. The molecule has 3 rings (SSSR count). The summed E-state index contributed by atoms with van der Waals surface area (Å²) < 4.78 is 29.4. The van der Waals surface area contributed by atoms with Crippen LogP contribution in [0.25, 0.3) is 0 Å². The molecule has 2 aromatic rings. The van der Waals surface area contributed by atoms with Gasteiger partial charge in [-0.3, -0.25) is 9.89 Å². The third kappa shape index (κ3) is 5.79. The number of nitrogens with one attached hydrogen (secondary N) is 1. The van der Waals surface area contributed by atoms with Crippen molar-refractivity contribution in [1.82, 2.24) is 15.1 Å². The zero-order chi connectivity index (χ0) is 22.2. The molecular weight excluding hydrogens is 399 g/mol. The Balaban J connectivity index is 1.55. The van der Waals surface area contributed by atoms with Crippen molar-refractivity contribution < 1.29 is 18.6 Å². The monoisotopic (exact) mass is 430 g/mol. The molecule has 0 bridgehead atoms. The van der Waals surface area contributed by atoms with E-state index in [2.05, 4.69) is 20.1 Å². The molecule has 0 aromatic heterocycles. The highest BCUT2D eigenvalue weighted by Gasteiger charge is 2.21. The molecule has 7 nitrogen and oxygen atoms in total. The van der Waals surface area contributed by atoms with E-state index in [0.29, 0.717) is 23.8 Å². The molecule has 168 valence electrons. The van der Waals surface area contributed by atoms with Gasteiger partial charge in [-0.05, 0) is 35.4 Å². The van der Waals surface area contributed by atoms with E-state index >= 15 is 0 Å². The third-order valence-electron chi connectivity index (χ3n) is 5.38. The summed E-state index contributed by atoms with van der Waals surface area (Å²) in [5, 5.41) is 3.37. The summed E-state index contributed by atoms with van der Waals surface area (Å²) in [4.78, 5) is 9.05. The number of aliphatic imine (C=N–C) groups is 1. The molecule has 0 radical (unpaired) electrons. The van der Waals surface area contributed by atoms with Gasteiger partial charge in [0.05, 0.1) is 21.3 Å². The summed E-state index contributed by atoms with van der Waals surface area (Å²) in [5.74, 6) is 2.57. The van der Waals surface area contributed by atoms with Crippen LogP contribution in [0.15, 0.2) is 41.4 Å². The van der Waals surface area contributed by atoms with Gasteiger partial charge in [0.1, 0.15) is 5.82 Å². The van der Waals surface area contributed by atoms with Gasteiger partial charge in [-0.1, -0.05) is 12.1 Å². The number of ether oxygens (including phenoxy) is 3. The molecule has 1 aliphatic rings. The fraction of sp³-hybridized carbons (Fsp3) is 0.435. The largest absolute Gasteiger partial charge is 0.493 e. The number of halogens is 1. The number of rotatable bonds is 7. The maximum absolute atomic E-state index is 13.1. The van der Waals surface area contributed by atoms with Gasteiger partial charge in [0.2, 0.25) is 5.75 Å². The minimum Gasteiger partial charge on any atom is -0.493 e. The number of nitrogens with zero attached hydrogens (tertiary/aromatic N) is 3. The van der Waals surface area contributed by atoms with Crippen molar-refractivity contribution in [3.63, 3.8) is 0 Å². The van der Waals surface area contributed by atoms with E-state index in [-0.39, 0.29) is 5.82 Å².